The Morgan fingerprint density at radius 1 is 1.14 bits per heavy atom. The molecule has 0 amide bonds. The molecule has 3 aromatic rings. The fourth-order valence-electron chi connectivity index (χ4n) is 2.48. The van der Waals surface area contributed by atoms with E-state index < -0.39 is 22.7 Å². The second-order valence-corrected chi connectivity index (χ2v) is 5.50. The summed E-state index contributed by atoms with van der Waals surface area (Å²) in [7, 11) is 0. The molecule has 0 aliphatic rings. The van der Waals surface area contributed by atoms with Crippen LogP contribution in [0.15, 0.2) is 51.3 Å². The van der Waals surface area contributed by atoms with Crippen LogP contribution in [-0.2, 0) is 20.9 Å². The smallest absolute Gasteiger partial charge is 0.433 e. The summed E-state index contributed by atoms with van der Waals surface area (Å²) in [5.74, 6) is -1.70. The SMILES string of the molecule is CCOC(=O)c1oc2ccccc2c1COC(=O)/C=C/c1ccc([N+](=O)[O-])o1. The van der Waals surface area contributed by atoms with E-state index in [0.29, 0.717) is 16.5 Å². The maximum Gasteiger partial charge on any atom is 0.433 e. The lowest BCUT2D eigenvalue weighted by molar-refractivity contribution is -0.402. The van der Waals surface area contributed by atoms with Crippen molar-refractivity contribution in [2.45, 2.75) is 13.5 Å². The minimum absolute atomic E-state index is 0.0264. The van der Waals surface area contributed by atoms with Gasteiger partial charge in [0.05, 0.1) is 18.2 Å². The summed E-state index contributed by atoms with van der Waals surface area (Å²) in [6.45, 7) is 1.63. The summed E-state index contributed by atoms with van der Waals surface area (Å²) in [6, 6.07) is 9.47. The quantitative estimate of drug-likeness (QED) is 0.260. The van der Waals surface area contributed by atoms with Crippen molar-refractivity contribution in [2.24, 2.45) is 0 Å². The molecule has 0 bridgehead atoms. The van der Waals surface area contributed by atoms with Crippen LogP contribution in [0.1, 0.15) is 28.8 Å². The van der Waals surface area contributed by atoms with Gasteiger partial charge in [-0.3, -0.25) is 10.1 Å². The fourth-order valence-corrected chi connectivity index (χ4v) is 2.48. The summed E-state index contributed by atoms with van der Waals surface area (Å²) < 4.78 is 20.6. The summed E-state index contributed by atoms with van der Waals surface area (Å²) in [4.78, 5) is 34.0. The van der Waals surface area contributed by atoms with Crippen LogP contribution in [0.2, 0.25) is 0 Å². The minimum atomic E-state index is -0.723. The van der Waals surface area contributed by atoms with Crippen molar-refractivity contribution >= 4 is 34.9 Å². The van der Waals surface area contributed by atoms with Crippen LogP contribution in [0.25, 0.3) is 17.0 Å². The third-order valence-electron chi connectivity index (χ3n) is 3.69. The zero-order valence-electron chi connectivity index (χ0n) is 14.7. The largest absolute Gasteiger partial charge is 0.460 e. The minimum Gasteiger partial charge on any atom is -0.460 e. The highest BCUT2D eigenvalue weighted by atomic mass is 16.6. The number of para-hydroxylation sites is 1. The predicted molar refractivity (Wildman–Crippen MR) is 96.4 cm³/mol. The van der Waals surface area contributed by atoms with Gasteiger partial charge in [-0.05, 0) is 25.1 Å². The van der Waals surface area contributed by atoms with Gasteiger partial charge in [0.2, 0.25) is 5.76 Å². The van der Waals surface area contributed by atoms with Crippen molar-refractivity contribution in [1.29, 1.82) is 0 Å². The van der Waals surface area contributed by atoms with Gasteiger partial charge in [-0.1, -0.05) is 18.2 Å². The number of carbonyl (C=O) groups excluding carboxylic acids is 2. The van der Waals surface area contributed by atoms with Crippen LogP contribution >= 0.6 is 0 Å². The number of furan rings is 2. The molecule has 0 atom stereocenters. The number of fused-ring (bicyclic) bond motifs is 1. The molecular formula is C19H15NO8. The maximum atomic E-state index is 12.1. The molecule has 2 heterocycles. The Balaban J connectivity index is 1.74. The van der Waals surface area contributed by atoms with Crippen molar-refractivity contribution < 1.29 is 32.8 Å². The molecule has 0 spiro atoms. The van der Waals surface area contributed by atoms with Crippen LogP contribution in [0.4, 0.5) is 5.88 Å². The zero-order valence-corrected chi connectivity index (χ0v) is 14.7. The number of nitro groups is 1. The summed E-state index contributed by atoms with van der Waals surface area (Å²) in [6.07, 6.45) is 2.31. The average Bonchev–Trinajstić information content (AvgIpc) is 3.30. The van der Waals surface area contributed by atoms with E-state index in [9.17, 15) is 19.7 Å². The van der Waals surface area contributed by atoms with E-state index in [4.69, 9.17) is 18.3 Å². The number of benzene rings is 1. The molecule has 2 aromatic heterocycles. The Bertz CT molecular complexity index is 1060. The average molecular weight is 385 g/mol. The Morgan fingerprint density at radius 2 is 1.93 bits per heavy atom. The lowest BCUT2D eigenvalue weighted by Crippen LogP contribution is -2.08. The van der Waals surface area contributed by atoms with Crippen molar-refractivity contribution in [3.05, 3.63) is 69.7 Å². The number of carbonyl (C=O) groups is 2. The molecule has 0 unspecified atom stereocenters. The Labute approximate surface area is 158 Å². The van der Waals surface area contributed by atoms with E-state index >= 15 is 0 Å². The van der Waals surface area contributed by atoms with E-state index in [2.05, 4.69) is 0 Å². The second-order valence-electron chi connectivity index (χ2n) is 5.50. The Kier molecular flexibility index (Phi) is 5.54. The van der Waals surface area contributed by atoms with Gasteiger partial charge in [0, 0.05) is 11.5 Å². The molecule has 0 aliphatic carbocycles. The molecule has 28 heavy (non-hydrogen) atoms. The van der Waals surface area contributed by atoms with Gasteiger partial charge in [0.15, 0.2) is 0 Å². The van der Waals surface area contributed by atoms with Crippen molar-refractivity contribution in [3.63, 3.8) is 0 Å². The first kappa shape index (κ1) is 18.9. The van der Waals surface area contributed by atoms with Crippen molar-refractivity contribution in [1.82, 2.24) is 0 Å². The normalized spacial score (nSPS) is 11.0. The van der Waals surface area contributed by atoms with Gasteiger partial charge in [-0.15, -0.1) is 0 Å². The molecule has 1 aromatic carbocycles. The van der Waals surface area contributed by atoms with Gasteiger partial charge in [0.1, 0.15) is 22.9 Å². The zero-order chi connectivity index (χ0) is 20.1. The molecule has 144 valence electrons. The van der Waals surface area contributed by atoms with E-state index in [1.165, 1.54) is 18.2 Å². The molecular weight excluding hydrogens is 370 g/mol. The highest BCUT2D eigenvalue weighted by Crippen LogP contribution is 2.27. The van der Waals surface area contributed by atoms with E-state index in [1.54, 1.807) is 31.2 Å². The standard InChI is InChI=1S/C19H15NO8/c1-2-25-19(22)18-14(13-5-3-4-6-15(13)28-18)11-26-17(21)10-8-12-7-9-16(27-12)20(23)24/h3-10H,2,11H2,1H3/b10-8+. The molecule has 0 saturated carbocycles. The van der Waals surface area contributed by atoms with Crippen LogP contribution < -0.4 is 0 Å². The van der Waals surface area contributed by atoms with Gasteiger partial charge in [-0.2, -0.15) is 0 Å². The molecule has 0 fully saturated rings. The summed E-state index contributed by atoms with van der Waals surface area (Å²) in [5, 5.41) is 11.2. The lowest BCUT2D eigenvalue weighted by Gasteiger charge is -2.03. The Morgan fingerprint density at radius 3 is 2.64 bits per heavy atom. The molecule has 0 saturated heterocycles. The monoisotopic (exact) mass is 385 g/mol. The third-order valence-corrected chi connectivity index (χ3v) is 3.69. The third kappa shape index (κ3) is 4.09. The van der Waals surface area contributed by atoms with Crippen LogP contribution in [-0.4, -0.2) is 23.5 Å². The number of hydrogen-bond acceptors (Lipinski definition) is 8. The first-order valence-corrected chi connectivity index (χ1v) is 8.26. The van der Waals surface area contributed by atoms with Crippen molar-refractivity contribution in [2.75, 3.05) is 6.61 Å². The summed E-state index contributed by atoms with van der Waals surface area (Å²) in [5.41, 5.74) is 0.861. The highest BCUT2D eigenvalue weighted by molar-refractivity contribution is 5.96. The Hall–Kier alpha value is -3.88. The van der Waals surface area contributed by atoms with Crippen LogP contribution in [0.3, 0.4) is 0 Å². The van der Waals surface area contributed by atoms with E-state index in [0.717, 1.165) is 6.08 Å². The fraction of sp³-hybridized carbons (Fsp3) is 0.158. The molecule has 9 nitrogen and oxygen atoms in total. The second kappa shape index (κ2) is 8.21. The molecule has 0 aliphatic heterocycles. The first-order chi connectivity index (χ1) is 13.5. The number of rotatable bonds is 7. The molecule has 9 heteroatoms. The number of ether oxygens (including phenoxy) is 2. The molecule has 0 radical (unpaired) electrons. The maximum absolute atomic E-state index is 12.1. The van der Waals surface area contributed by atoms with Gasteiger partial charge >= 0.3 is 17.8 Å². The number of esters is 2. The predicted octanol–water partition coefficient (Wildman–Crippen LogP) is 3.87. The van der Waals surface area contributed by atoms with Gasteiger partial charge in [0.25, 0.3) is 0 Å². The first-order valence-electron chi connectivity index (χ1n) is 8.26. The van der Waals surface area contributed by atoms with E-state index in [-0.39, 0.29) is 24.7 Å². The molecule has 0 N–H and O–H groups in total. The van der Waals surface area contributed by atoms with Gasteiger partial charge in [-0.25, -0.2) is 9.59 Å². The summed E-state index contributed by atoms with van der Waals surface area (Å²) >= 11 is 0. The van der Waals surface area contributed by atoms with Gasteiger partial charge < -0.3 is 18.3 Å². The lowest BCUT2D eigenvalue weighted by atomic mass is 10.1. The highest BCUT2D eigenvalue weighted by Gasteiger charge is 2.22. The van der Waals surface area contributed by atoms with Crippen LogP contribution in [0, 0.1) is 10.1 Å². The van der Waals surface area contributed by atoms with Crippen LogP contribution in [0.5, 0.6) is 0 Å². The van der Waals surface area contributed by atoms with E-state index in [1.807, 2.05) is 0 Å². The molecule has 3 rings (SSSR count). The van der Waals surface area contributed by atoms with Crippen molar-refractivity contribution in [3.8, 4) is 0 Å². The topological polar surface area (TPSA) is 122 Å². The number of nitrogens with zero attached hydrogens (tertiary/aromatic N) is 1. The number of hydrogen-bond donors (Lipinski definition) is 0.